The Kier molecular flexibility index (Phi) is 3.20. The number of fused-ring (bicyclic) bond motifs is 1. The van der Waals surface area contributed by atoms with E-state index in [1.165, 1.54) is 0 Å². The zero-order valence-corrected chi connectivity index (χ0v) is 10.8. The fourth-order valence-electron chi connectivity index (χ4n) is 2.86. The van der Waals surface area contributed by atoms with Crippen molar-refractivity contribution < 1.29 is 5.11 Å². The van der Waals surface area contributed by atoms with Crippen LogP contribution in [-0.2, 0) is 0 Å². The number of rotatable bonds is 1. The SMILES string of the molecule is CN1CCN([C@@H]2C=Cc3ccccc3[C@H]2O)CC1. The average Bonchev–Trinajstić information content (AvgIpc) is 2.41. The Morgan fingerprint density at radius 3 is 2.61 bits per heavy atom. The standard InChI is InChI=1S/C15H20N2O/c1-16-8-10-17(11-9-16)14-7-6-12-4-2-3-5-13(12)15(14)18/h2-7,14-15,18H,8-11H2,1H3/t14-,15-/m1/s1. The predicted octanol–water partition coefficient (Wildman–Crippen LogP) is 1.36. The number of hydrogen-bond acceptors (Lipinski definition) is 3. The van der Waals surface area contributed by atoms with Crippen molar-refractivity contribution in [2.24, 2.45) is 0 Å². The molecule has 3 heteroatoms. The summed E-state index contributed by atoms with van der Waals surface area (Å²) in [5, 5.41) is 10.5. The monoisotopic (exact) mass is 244 g/mol. The van der Waals surface area contributed by atoms with E-state index >= 15 is 0 Å². The molecule has 18 heavy (non-hydrogen) atoms. The minimum absolute atomic E-state index is 0.133. The molecule has 1 N–H and O–H groups in total. The normalized spacial score (nSPS) is 29.2. The molecule has 0 radical (unpaired) electrons. The molecule has 2 atom stereocenters. The lowest BCUT2D eigenvalue weighted by atomic mass is 9.90. The van der Waals surface area contributed by atoms with Crippen molar-refractivity contribution in [3.63, 3.8) is 0 Å². The Morgan fingerprint density at radius 2 is 1.83 bits per heavy atom. The van der Waals surface area contributed by atoms with Crippen LogP contribution in [0.5, 0.6) is 0 Å². The third kappa shape index (κ3) is 2.09. The number of aliphatic hydroxyl groups excluding tert-OH is 1. The molecular formula is C15H20N2O. The van der Waals surface area contributed by atoms with Crippen LogP contribution < -0.4 is 0 Å². The third-order valence-electron chi connectivity index (χ3n) is 4.07. The lowest BCUT2D eigenvalue weighted by molar-refractivity contribution is 0.0440. The van der Waals surface area contributed by atoms with E-state index in [0.29, 0.717) is 0 Å². The molecule has 0 saturated carbocycles. The fourth-order valence-corrected chi connectivity index (χ4v) is 2.86. The zero-order valence-electron chi connectivity index (χ0n) is 10.8. The summed E-state index contributed by atoms with van der Waals surface area (Å²) in [6, 6.07) is 8.25. The van der Waals surface area contributed by atoms with Gasteiger partial charge in [0.25, 0.3) is 0 Å². The van der Waals surface area contributed by atoms with Crippen LogP contribution in [0.3, 0.4) is 0 Å². The van der Waals surface area contributed by atoms with Crippen LogP contribution in [0.2, 0.25) is 0 Å². The second-order valence-electron chi connectivity index (χ2n) is 5.26. The smallest absolute Gasteiger partial charge is 0.0986 e. The zero-order chi connectivity index (χ0) is 12.5. The second-order valence-corrected chi connectivity index (χ2v) is 5.26. The van der Waals surface area contributed by atoms with Crippen molar-refractivity contribution in [2.45, 2.75) is 12.1 Å². The summed E-state index contributed by atoms with van der Waals surface area (Å²) in [7, 11) is 2.15. The Hall–Kier alpha value is -1.16. The summed E-state index contributed by atoms with van der Waals surface area (Å²) >= 11 is 0. The first-order chi connectivity index (χ1) is 8.75. The minimum Gasteiger partial charge on any atom is -0.386 e. The van der Waals surface area contributed by atoms with Gasteiger partial charge in [-0.05, 0) is 18.2 Å². The van der Waals surface area contributed by atoms with Crippen LogP contribution in [0.15, 0.2) is 30.3 Å². The molecule has 0 unspecified atom stereocenters. The summed E-state index contributed by atoms with van der Waals surface area (Å²) in [5.41, 5.74) is 2.21. The van der Waals surface area contributed by atoms with Gasteiger partial charge in [-0.1, -0.05) is 36.4 Å². The molecule has 96 valence electrons. The van der Waals surface area contributed by atoms with E-state index in [9.17, 15) is 5.11 Å². The minimum atomic E-state index is -0.394. The topological polar surface area (TPSA) is 26.7 Å². The van der Waals surface area contributed by atoms with Gasteiger partial charge in [-0.3, -0.25) is 4.90 Å². The predicted molar refractivity (Wildman–Crippen MR) is 73.3 cm³/mol. The molecule has 0 amide bonds. The second kappa shape index (κ2) is 4.84. The van der Waals surface area contributed by atoms with Crippen LogP contribution in [0.1, 0.15) is 17.2 Å². The number of nitrogens with zero attached hydrogens (tertiary/aromatic N) is 2. The van der Waals surface area contributed by atoms with E-state index in [1.807, 2.05) is 18.2 Å². The fraction of sp³-hybridized carbons (Fsp3) is 0.467. The van der Waals surface area contributed by atoms with Crippen LogP contribution in [-0.4, -0.2) is 54.2 Å². The van der Waals surface area contributed by atoms with E-state index in [-0.39, 0.29) is 6.04 Å². The lowest BCUT2D eigenvalue weighted by Crippen LogP contribution is -2.50. The van der Waals surface area contributed by atoms with Crippen LogP contribution in [0.4, 0.5) is 0 Å². The molecule has 2 aliphatic rings. The maximum Gasteiger partial charge on any atom is 0.0986 e. The Bertz CT molecular complexity index is 450. The summed E-state index contributed by atoms with van der Waals surface area (Å²) in [5.74, 6) is 0. The Morgan fingerprint density at radius 1 is 1.11 bits per heavy atom. The highest BCUT2D eigenvalue weighted by molar-refractivity contribution is 5.58. The summed E-state index contributed by atoms with van der Waals surface area (Å²) in [6.07, 6.45) is 3.90. The van der Waals surface area contributed by atoms with E-state index in [4.69, 9.17) is 0 Å². The van der Waals surface area contributed by atoms with Gasteiger partial charge in [0.1, 0.15) is 0 Å². The van der Waals surface area contributed by atoms with Crippen molar-refractivity contribution in [3.8, 4) is 0 Å². The Balaban J connectivity index is 1.80. The third-order valence-corrected chi connectivity index (χ3v) is 4.07. The highest BCUT2D eigenvalue weighted by Crippen LogP contribution is 2.31. The molecule has 0 spiro atoms. The molecule has 1 aromatic carbocycles. The van der Waals surface area contributed by atoms with Gasteiger partial charge in [0.05, 0.1) is 12.1 Å². The van der Waals surface area contributed by atoms with Gasteiger partial charge in [0.2, 0.25) is 0 Å². The van der Waals surface area contributed by atoms with Crippen LogP contribution >= 0.6 is 0 Å². The van der Waals surface area contributed by atoms with Gasteiger partial charge in [0.15, 0.2) is 0 Å². The summed E-state index contributed by atoms with van der Waals surface area (Å²) in [4.78, 5) is 4.72. The molecule has 1 aromatic rings. The molecular weight excluding hydrogens is 224 g/mol. The maximum absolute atomic E-state index is 10.5. The first-order valence-electron chi connectivity index (χ1n) is 6.63. The number of aliphatic hydroxyl groups is 1. The number of hydrogen-bond donors (Lipinski definition) is 1. The number of piperazine rings is 1. The quantitative estimate of drug-likeness (QED) is 0.808. The summed E-state index contributed by atoms with van der Waals surface area (Å²) in [6.45, 7) is 4.23. The molecule has 1 fully saturated rings. The van der Waals surface area contributed by atoms with Gasteiger partial charge in [-0.2, -0.15) is 0 Å². The molecule has 3 rings (SSSR count). The van der Waals surface area contributed by atoms with Crippen LogP contribution in [0, 0.1) is 0 Å². The van der Waals surface area contributed by atoms with E-state index in [0.717, 1.165) is 37.3 Å². The van der Waals surface area contributed by atoms with Gasteiger partial charge in [-0.15, -0.1) is 0 Å². The first-order valence-corrected chi connectivity index (χ1v) is 6.63. The highest BCUT2D eigenvalue weighted by Gasteiger charge is 2.30. The number of benzene rings is 1. The van der Waals surface area contributed by atoms with E-state index in [1.54, 1.807) is 0 Å². The first kappa shape index (κ1) is 11.9. The number of likely N-dealkylation sites (N-methyl/N-ethyl adjacent to an activating group) is 1. The van der Waals surface area contributed by atoms with Crippen molar-refractivity contribution in [1.82, 2.24) is 9.80 Å². The van der Waals surface area contributed by atoms with Gasteiger partial charge < -0.3 is 10.0 Å². The Labute approximate surface area is 108 Å². The summed E-state index contributed by atoms with van der Waals surface area (Å²) < 4.78 is 0. The highest BCUT2D eigenvalue weighted by atomic mass is 16.3. The van der Waals surface area contributed by atoms with Gasteiger partial charge >= 0.3 is 0 Å². The molecule has 3 nitrogen and oxygen atoms in total. The van der Waals surface area contributed by atoms with Crippen molar-refractivity contribution >= 4 is 6.08 Å². The van der Waals surface area contributed by atoms with Gasteiger partial charge in [-0.25, -0.2) is 0 Å². The average molecular weight is 244 g/mol. The molecule has 1 saturated heterocycles. The molecule has 1 aliphatic carbocycles. The van der Waals surface area contributed by atoms with Crippen molar-refractivity contribution in [1.29, 1.82) is 0 Å². The maximum atomic E-state index is 10.5. The van der Waals surface area contributed by atoms with Crippen molar-refractivity contribution in [2.75, 3.05) is 33.2 Å². The van der Waals surface area contributed by atoms with E-state index in [2.05, 4.69) is 35.1 Å². The van der Waals surface area contributed by atoms with E-state index < -0.39 is 6.10 Å². The van der Waals surface area contributed by atoms with Crippen molar-refractivity contribution in [3.05, 3.63) is 41.5 Å². The molecule has 1 heterocycles. The molecule has 0 bridgehead atoms. The lowest BCUT2D eigenvalue weighted by Gasteiger charge is -2.40. The molecule has 1 aliphatic heterocycles. The van der Waals surface area contributed by atoms with Gasteiger partial charge in [0, 0.05) is 26.2 Å². The largest absolute Gasteiger partial charge is 0.386 e. The molecule has 0 aromatic heterocycles. The van der Waals surface area contributed by atoms with Crippen LogP contribution in [0.25, 0.3) is 6.08 Å².